The number of hydrogen-bond acceptors (Lipinski definition) is 4. The van der Waals surface area contributed by atoms with E-state index in [0.717, 1.165) is 0 Å². The fraction of sp³-hybridized carbons (Fsp3) is 0.429. The van der Waals surface area contributed by atoms with Crippen LogP contribution in [0, 0.1) is 11.8 Å². The number of benzene rings is 1. The maximum Gasteiger partial charge on any atom is 0.244 e. The highest BCUT2D eigenvalue weighted by Crippen LogP contribution is 2.26. The molecule has 2 rings (SSSR count). The number of hydrogen-bond donors (Lipinski definition) is 1. The van der Waals surface area contributed by atoms with Gasteiger partial charge >= 0.3 is 0 Å². The van der Waals surface area contributed by atoms with Crippen LogP contribution in [0.5, 0.6) is 0 Å². The van der Waals surface area contributed by atoms with Gasteiger partial charge in [0.1, 0.15) is 11.5 Å². The monoisotopic (exact) mass is 328 g/mol. The largest absolute Gasteiger partial charge is 0.384 e. The minimum atomic E-state index is -3.58. The third-order valence-corrected chi connectivity index (χ3v) is 5.71. The number of aliphatic hydroxyl groups excluding tert-OH is 1. The molecule has 5 nitrogen and oxygen atoms in total. The Bertz CT molecular complexity index is 671. The highest BCUT2D eigenvalue weighted by molar-refractivity contribution is 7.89. The SMILES string of the molecule is CN1CCN(S(=O)(=O)c2ccc(C#CCO)cc2Cl)CC1. The molecule has 21 heavy (non-hydrogen) atoms. The fourth-order valence-corrected chi connectivity index (χ4v) is 4.04. The molecule has 0 saturated carbocycles. The number of halogens is 1. The standard InChI is InChI=1S/C14H17ClN2O3S/c1-16-6-8-17(9-7-16)21(19,20)14-5-4-12(3-2-10-18)11-13(14)15/h4-5,11,18H,6-10H2,1H3. The van der Waals surface area contributed by atoms with Crippen molar-refractivity contribution in [2.75, 3.05) is 39.8 Å². The molecule has 7 heteroatoms. The number of piperazine rings is 1. The second kappa shape index (κ2) is 6.77. The third kappa shape index (κ3) is 3.76. The number of nitrogens with zero attached hydrogens (tertiary/aromatic N) is 2. The van der Waals surface area contributed by atoms with Crippen molar-refractivity contribution in [1.29, 1.82) is 0 Å². The molecule has 0 spiro atoms. The van der Waals surface area contributed by atoms with Gasteiger partial charge in [-0.05, 0) is 25.2 Å². The van der Waals surface area contributed by atoms with Crippen molar-refractivity contribution in [3.05, 3.63) is 28.8 Å². The Morgan fingerprint density at radius 1 is 1.29 bits per heavy atom. The summed E-state index contributed by atoms with van der Waals surface area (Å²) in [6.45, 7) is 2.08. The van der Waals surface area contributed by atoms with Crippen molar-refractivity contribution < 1.29 is 13.5 Å². The predicted molar refractivity (Wildman–Crippen MR) is 81.7 cm³/mol. The Balaban J connectivity index is 2.28. The van der Waals surface area contributed by atoms with Gasteiger partial charge in [-0.1, -0.05) is 23.4 Å². The number of aliphatic hydroxyl groups is 1. The first kappa shape index (κ1) is 16.3. The highest BCUT2D eigenvalue weighted by atomic mass is 35.5. The molecular formula is C14H17ClN2O3S. The maximum absolute atomic E-state index is 12.6. The van der Waals surface area contributed by atoms with E-state index in [2.05, 4.69) is 16.7 Å². The van der Waals surface area contributed by atoms with E-state index in [9.17, 15) is 8.42 Å². The van der Waals surface area contributed by atoms with Gasteiger partial charge in [0.15, 0.2) is 0 Å². The minimum Gasteiger partial charge on any atom is -0.384 e. The lowest BCUT2D eigenvalue weighted by Crippen LogP contribution is -2.47. The summed E-state index contributed by atoms with van der Waals surface area (Å²) in [4.78, 5) is 2.18. The number of rotatable bonds is 2. The van der Waals surface area contributed by atoms with Crippen molar-refractivity contribution >= 4 is 21.6 Å². The van der Waals surface area contributed by atoms with Crippen molar-refractivity contribution in [1.82, 2.24) is 9.21 Å². The molecular weight excluding hydrogens is 312 g/mol. The van der Waals surface area contributed by atoms with E-state index in [1.165, 1.54) is 16.4 Å². The zero-order valence-corrected chi connectivity index (χ0v) is 13.3. The van der Waals surface area contributed by atoms with Crippen LogP contribution in [0.25, 0.3) is 0 Å². The summed E-state index contributed by atoms with van der Waals surface area (Å²) < 4.78 is 26.6. The molecule has 1 aromatic rings. The highest BCUT2D eigenvalue weighted by Gasteiger charge is 2.29. The second-order valence-electron chi connectivity index (χ2n) is 4.81. The molecule has 0 radical (unpaired) electrons. The maximum atomic E-state index is 12.6. The molecule has 0 aromatic heterocycles. The predicted octanol–water partition coefficient (Wildman–Crippen LogP) is 0.620. The summed E-state index contributed by atoms with van der Waals surface area (Å²) in [5, 5.41) is 8.81. The van der Waals surface area contributed by atoms with E-state index in [0.29, 0.717) is 31.7 Å². The van der Waals surface area contributed by atoms with Gasteiger partial charge in [0.25, 0.3) is 0 Å². The Labute approximate surface area is 130 Å². The molecule has 0 atom stereocenters. The van der Waals surface area contributed by atoms with Crippen molar-refractivity contribution in [3.63, 3.8) is 0 Å². The lowest BCUT2D eigenvalue weighted by Gasteiger charge is -2.31. The fourth-order valence-electron chi connectivity index (χ4n) is 2.10. The van der Waals surface area contributed by atoms with E-state index in [1.54, 1.807) is 6.07 Å². The van der Waals surface area contributed by atoms with Crippen LogP contribution in [0.1, 0.15) is 5.56 Å². The molecule has 0 bridgehead atoms. The second-order valence-corrected chi connectivity index (χ2v) is 7.13. The third-order valence-electron chi connectivity index (χ3n) is 3.32. The molecule has 1 aliphatic rings. The van der Waals surface area contributed by atoms with E-state index in [4.69, 9.17) is 16.7 Å². The molecule has 0 unspecified atom stereocenters. The molecule has 1 N–H and O–H groups in total. The van der Waals surface area contributed by atoms with Crippen LogP contribution in [0.15, 0.2) is 23.1 Å². The minimum absolute atomic E-state index is 0.100. The van der Waals surface area contributed by atoms with Gasteiger partial charge in [-0.3, -0.25) is 0 Å². The van der Waals surface area contributed by atoms with Crippen LogP contribution in [-0.4, -0.2) is 62.6 Å². The van der Waals surface area contributed by atoms with Gasteiger partial charge in [-0.15, -0.1) is 0 Å². The summed E-state index contributed by atoms with van der Waals surface area (Å²) in [6, 6.07) is 4.57. The lowest BCUT2D eigenvalue weighted by molar-refractivity contribution is 0.222. The first-order valence-electron chi connectivity index (χ1n) is 6.53. The van der Waals surface area contributed by atoms with Crippen LogP contribution in [0.3, 0.4) is 0 Å². The zero-order valence-electron chi connectivity index (χ0n) is 11.7. The average Bonchev–Trinajstić information content (AvgIpc) is 2.45. The van der Waals surface area contributed by atoms with Gasteiger partial charge in [0, 0.05) is 31.7 Å². The summed E-state index contributed by atoms with van der Waals surface area (Å²) in [6.07, 6.45) is 0. The average molecular weight is 329 g/mol. The Morgan fingerprint density at radius 2 is 1.95 bits per heavy atom. The molecule has 1 fully saturated rings. The van der Waals surface area contributed by atoms with E-state index in [1.807, 2.05) is 7.05 Å². The van der Waals surface area contributed by atoms with Crippen LogP contribution in [0.4, 0.5) is 0 Å². The lowest BCUT2D eigenvalue weighted by atomic mass is 10.2. The quantitative estimate of drug-likeness (QED) is 0.809. The Morgan fingerprint density at radius 3 is 2.52 bits per heavy atom. The van der Waals surface area contributed by atoms with E-state index in [-0.39, 0.29) is 16.5 Å². The molecule has 114 valence electrons. The summed E-state index contributed by atoms with van der Waals surface area (Å²) >= 11 is 6.09. The summed E-state index contributed by atoms with van der Waals surface area (Å²) in [5.74, 6) is 5.20. The van der Waals surface area contributed by atoms with Crippen molar-refractivity contribution in [3.8, 4) is 11.8 Å². The van der Waals surface area contributed by atoms with E-state index >= 15 is 0 Å². The van der Waals surface area contributed by atoms with Gasteiger partial charge in [-0.2, -0.15) is 4.31 Å². The summed E-state index contributed by atoms with van der Waals surface area (Å²) in [7, 11) is -1.61. The van der Waals surface area contributed by atoms with Crippen LogP contribution >= 0.6 is 11.6 Å². The topological polar surface area (TPSA) is 60.9 Å². The number of likely N-dealkylation sites (N-methyl/N-ethyl adjacent to an activating group) is 1. The van der Waals surface area contributed by atoms with Gasteiger partial charge < -0.3 is 10.0 Å². The Kier molecular flexibility index (Phi) is 5.25. The van der Waals surface area contributed by atoms with Crippen LogP contribution in [-0.2, 0) is 10.0 Å². The van der Waals surface area contributed by atoms with Crippen LogP contribution in [0.2, 0.25) is 5.02 Å². The molecule has 1 saturated heterocycles. The molecule has 1 aliphatic heterocycles. The first-order chi connectivity index (χ1) is 9.95. The molecule has 1 heterocycles. The summed E-state index contributed by atoms with van der Waals surface area (Å²) in [5.41, 5.74) is 0.575. The number of sulfonamides is 1. The van der Waals surface area contributed by atoms with Gasteiger partial charge in [0.05, 0.1) is 5.02 Å². The van der Waals surface area contributed by atoms with Gasteiger partial charge in [0.2, 0.25) is 10.0 Å². The molecule has 0 amide bonds. The molecule has 0 aliphatic carbocycles. The smallest absolute Gasteiger partial charge is 0.244 e. The van der Waals surface area contributed by atoms with Crippen molar-refractivity contribution in [2.24, 2.45) is 0 Å². The van der Waals surface area contributed by atoms with Crippen molar-refractivity contribution in [2.45, 2.75) is 4.90 Å². The normalized spacial score (nSPS) is 17.3. The molecule has 1 aromatic carbocycles. The Hall–Kier alpha value is -1.10. The van der Waals surface area contributed by atoms with Gasteiger partial charge in [-0.25, -0.2) is 8.42 Å². The zero-order chi connectivity index (χ0) is 15.5. The first-order valence-corrected chi connectivity index (χ1v) is 8.35. The van der Waals surface area contributed by atoms with Crippen LogP contribution < -0.4 is 0 Å². The van der Waals surface area contributed by atoms with E-state index < -0.39 is 10.0 Å².